The van der Waals surface area contributed by atoms with Crippen molar-refractivity contribution in [3.05, 3.63) is 59.5 Å². The number of hydrogen-bond acceptors (Lipinski definition) is 2. The van der Waals surface area contributed by atoms with Gasteiger partial charge in [-0.05, 0) is 36.0 Å². The molecule has 0 fully saturated rings. The average molecular weight is 300 g/mol. The van der Waals surface area contributed by atoms with E-state index < -0.39 is 0 Å². The van der Waals surface area contributed by atoms with E-state index in [0.29, 0.717) is 0 Å². The fraction of sp³-hybridized carbons (Fsp3) is 0.222. The summed E-state index contributed by atoms with van der Waals surface area (Å²) in [6.45, 7) is 3.89. The Labute approximate surface area is 129 Å². The van der Waals surface area contributed by atoms with Gasteiger partial charge in [0, 0.05) is 16.0 Å². The minimum atomic E-state index is 0.743. The Balaban J connectivity index is 2.05. The lowest BCUT2D eigenvalue weighted by atomic mass is 9.98. The molecule has 21 heavy (non-hydrogen) atoms. The second-order valence-electron chi connectivity index (χ2n) is 5.07. The Morgan fingerprint density at radius 3 is 2.62 bits per heavy atom. The molecule has 108 valence electrons. The van der Waals surface area contributed by atoms with Crippen LogP contribution in [0.4, 0.5) is 0 Å². The van der Waals surface area contributed by atoms with E-state index in [1.54, 1.807) is 6.26 Å². The van der Waals surface area contributed by atoms with Gasteiger partial charge in [-0.3, -0.25) is 0 Å². The van der Waals surface area contributed by atoms with Crippen LogP contribution in [0.2, 0.25) is 5.02 Å². The lowest BCUT2D eigenvalue weighted by Crippen LogP contribution is -2.13. The molecule has 0 atom stereocenters. The lowest BCUT2D eigenvalue weighted by molar-refractivity contribution is 0.484. The number of benzene rings is 2. The highest BCUT2D eigenvalue weighted by molar-refractivity contribution is 6.36. The normalized spacial score (nSPS) is 11.1. The molecule has 0 amide bonds. The first-order chi connectivity index (χ1) is 10.3. The number of hydrogen-bond donors (Lipinski definition) is 1. The molecule has 2 nitrogen and oxygen atoms in total. The largest absolute Gasteiger partial charge is 0.467 e. The number of furan rings is 1. The van der Waals surface area contributed by atoms with Crippen LogP contribution in [0.15, 0.2) is 53.1 Å². The molecule has 0 radical (unpaired) electrons. The predicted octanol–water partition coefficient (Wildman–Crippen LogP) is 5.25. The molecule has 0 bridgehead atoms. The molecule has 0 spiro atoms. The molecule has 2 aromatic carbocycles. The van der Waals surface area contributed by atoms with Gasteiger partial charge in [-0.2, -0.15) is 0 Å². The Kier molecular flexibility index (Phi) is 4.28. The maximum atomic E-state index is 6.30. The van der Waals surface area contributed by atoms with Crippen molar-refractivity contribution < 1.29 is 4.42 Å². The van der Waals surface area contributed by atoms with Crippen molar-refractivity contribution >= 4 is 22.4 Å². The fourth-order valence-corrected chi connectivity index (χ4v) is 2.82. The third-order valence-electron chi connectivity index (χ3n) is 3.62. The monoisotopic (exact) mass is 299 g/mol. The molecule has 3 heteroatoms. The molecule has 3 rings (SSSR count). The van der Waals surface area contributed by atoms with Crippen LogP contribution in [0, 0.1) is 0 Å². The molecule has 1 N–H and O–H groups in total. The van der Waals surface area contributed by atoms with Gasteiger partial charge in [0.2, 0.25) is 0 Å². The van der Waals surface area contributed by atoms with Crippen LogP contribution in [0.3, 0.4) is 0 Å². The molecule has 1 aromatic heterocycles. The van der Waals surface area contributed by atoms with Crippen molar-refractivity contribution in [3.8, 4) is 11.1 Å². The van der Waals surface area contributed by atoms with Gasteiger partial charge in [0.05, 0.1) is 12.8 Å². The van der Waals surface area contributed by atoms with E-state index in [1.165, 1.54) is 0 Å². The van der Waals surface area contributed by atoms with Crippen molar-refractivity contribution in [3.63, 3.8) is 0 Å². The minimum absolute atomic E-state index is 0.743. The molecule has 0 saturated heterocycles. The van der Waals surface area contributed by atoms with Gasteiger partial charge in [0.1, 0.15) is 5.76 Å². The molecule has 0 aliphatic carbocycles. The van der Waals surface area contributed by atoms with Gasteiger partial charge in [-0.25, -0.2) is 0 Å². The van der Waals surface area contributed by atoms with Gasteiger partial charge < -0.3 is 9.73 Å². The van der Waals surface area contributed by atoms with Crippen LogP contribution in [-0.2, 0) is 6.54 Å². The maximum absolute atomic E-state index is 6.30. The highest BCUT2D eigenvalue weighted by Gasteiger charge is 2.12. The lowest BCUT2D eigenvalue weighted by Gasteiger charge is -2.09. The smallest absolute Gasteiger partial charge is 0.125 e. The molecular formula is C18H18ClNO. The van der Waals surface area contributed by atoms with E-state index in [1.807, 2.05) is 24.3 Å². The molecule has 3 aromatic rings. The van der Waals surface area contributed by atoms with Crippen LogP contribution in [0.25, 0.3) is 21.9 Å². The van der Waals surface area contributed by atoms with Crippen LogP contribution in [0.1, 0.15) is 19.1 Å². The molecule has 1 heterocycles. The number of fused-ring (bicyclic) bond motifs is 1. The Hall–Kier alpha value is -1.77. The summed E-state index contributed by atoms with van der Waals surface area (Å²) in [6.07, 6.45) is 2.86. The van der Waals surface area contributed by atoms with E-state index in [4.69, 9.17) is 16.0 Å². The second-order valence-corrected chi connectivity index (χ2v) is 5.48. The van der Waals surface area contributed by atoms with E-state index in [9.17, 15) is 0 Å². The van der Waals surface area contributed by atoms with Crippen molar-refractivity contribution in [1.29, 1.82) is 0 Å². The summed E-state index contributed by atoms with van der Waals surface area (Å²) >= 11 is 6.30. The van der Waals surface area contributed by atoms with Crippen LogP contribution < -0.4 is 5.32 Å². The van der Waals surface area contributed by atoms with Crippen molar-refractivity contribution in [2.45, 2.75) is 19.9 Å². The Bertz CT molecular complexity index is 748. The molecule has 0 aliphatic heterocycles. The summed E-state index contributed by atoms with van der Waals surface area (Å²) in [5.41, 5.74) is 2.29. The Morgan fingerprint density at radius 1 is 1.00 bits per heavy atom. The average Bonchev–Trinajstić information content (AvgIpc) is 2.97. The first-order valence-corrected chi connectivity index (χ1v) is 7.63. The van der Waals surface area contributed by atoms with Gasteiger partial charge in [-0.1, -0.05) is 48.9 Å². The van der Waals surface area contributed by atoms with E-state index in [-0.39, 0.29) is 0 Å². The van der Waals surface area contributed by atoms with Crippen molar-refractivity contribution in [2.75, 3.05) is 6.54 Å². The number of nitrogens with one attached hydrogen (secondary N) is 1. The first kappa shape index (κ1) is 14.2. The highest BCUT2D eigenvalue weighted by atomic mass is 35.5. The van der Waals surface area contributed by atoms with E-state index in [0.717, 1.165) is 52.2 Å². The van der Waals surface area contributed by atoms with Gasteiger partial charge in [0.15, 0.2) is 0 Å². The molecule has 0 unspecified atom stereocenters. The quantitative estimate of drug-likeness (QED) is 0.651. The zero-order valence-electron chi connectivity index (χ0n) is 12.0. The van der Waals surface area contributed by atoms with Gasteiger partial charge >= 0.3 is 0 Å². The summed E-state index contributed by atoms with van der Waals surface area (Å²) in [7, 11) is 0. The summed E-state index contributed by atoms with van der Waals surface area (Å²) < 4.78 is 5.65. The highest BCUT2D eigenvalue weighted by Crippen LogP contribution is 2.35. The summed E-state index contributed by atoms with van der Waals surface area (Å²) in [6, 6.07) is 14.3. The maximum Gasteiger partial charge on any atom is 0.125 e. The standard InChI is InChI=1S/C18H18ClNO/c1-2-10-20-12-18-16(9-11-21-18)14-7-8-17(19)15-6-4-3-5-13(14)15/h3-9,11,20H,2,10,12H2,1H3. The SMILES string of the molecule is CCCNCc1occc1-c1ccc(Cl)c2ccccc12. The fourth-order valence-electron chi connectivity index (χ4n) is 2.59. The second kappa shape index (κ2) is 6.33. The summed E-state index contributed by atoms with van der Waals surface area (Å²) in [5.74, 6) is 0.968. The van der Waals surface area contributed by atoms with Gasteiger partial charge in [-0.15, -0.1) is 0 Å². The number of halogens is 1. The minimum Gasteiger partial charge on any atom is -0.467 e. The molecule has 0 aliphatic rings. The van der Waals surface area contributed by atoms with E-state index >= 15 is 0 Å². The van der Waals surface area contributed by atoms with Crippen molar-refractivity contribution in [2.24, 2.45) is 0 Å². The summed E-state index contributed by atoms with van der Waals surface area (Å²) in [4.78, 5) is 0. The Morgan fingerprint density at radius 2 is 1.81 bits per heavy atom. The van der Waals surface area contributed by atoms with Crippen molar-refractivity contribution in [1.82, 2.24) is 5.32 Å². The molecular weight excluding hydrogens is 282 g/mol. The topological polar surface area (TPSA) is 25.2 Å². The first-order valence-electron chi connectivity index (χ1n) is 7.26. The molecule has 0 saturated carbocycles. The van der Waals surface area contributed by atoms with E-state index in [2.05, 4.69) is 30.4 Å². The van der Waals surface area contributed by atoms with Gasteiger partial charge in [0.25, 0.3) is 0 Å². The van der Waals surface area contributed by atoms with Crippen LogP contribution >= 0.6 is 11.6 Å². The zero-order chi connectivity index (χ0) is 14.7. The van der Waals surface area contributed by atoms with Crippen LogP contribution in [-0.4, -0.2) is 6.54 Å². The summed E-state index contributed by atoms with van der Waals surface area (Å²) in [5, 5.41) is 6.40. The van der Waals surface area contributed by atoms with Crippen LogP contribution in [0.5, 0.6) is 0 Å². The number of rotatable bonds is 5. The zero-order valence-corrected chi connectivity index (χ0v) is 12.8. The third-order valence-corrected chi connectivity index (χ3v) is 3.95. The predicted molar refractivity (Wildman–Crippen MR) is 88.7 cm³/mol. The third kappa shape index (κ3) is 2.82.